The number of rotatable bonds is 3. The summed E-state index contributed by atoms with van der Waals surface area (Å²) in [6.07, 6.45) is 1.24. The Labute approximate surface area is 89.4 Å². The Hall–Kier alpha value is -1.74. The molecule has 1 atom stereocenters. The second kappa shape index (κ2) is 4.19. The molecule has 0 amide bonds. The lowest BCUT2D eigenvalue weighted by Crippen LogP contribution is -2.24. The third-order valence-corrected chi connectivity index (χ3v) is 2.28. The lowest BCUT2D eigenvalue weighted by Gasteiger charge is -2.04. The number of fused-ring (bicyclic) bond motifs is 1. The molecule has 3 nitrogen and oxygen atoms in total. The Balaban J connectivity index is 0.00000128. The molecular weight excluding hydrogens is 188 g/mol. The fraction of sp³-hybridized carbons (Fsp3) is 0.167. The fourth-order valence-corrected chi connectivity index (χ4v) is 1.51. The summed E-state index contributed by atoms with van der Waals surface area (Å²) in [5.74, 6) is 0. The van der Waals surface area contributed by atoms with E-state index < -0.39 is 6.04 Å². The van der Waals surface area contributed by atoms with Gasteiger partial charge < -0.3 is 10.5 Å². The molecule has 0 fully saturated rings. The van der Waals surface area contributed by atoms with E-state index in [9.17, 15) is 4.79 Å². The van der Waals surface area contributed by atoms with Crippen LogP contribution < -0.4 is 5.73 Å². The van der Waals surface area contributed by atoms with Crippen LogP contribution in [-0.2, 0) is 11.2 Å². The number of para-hydroxylation sites is 1. The topological polar surface area (TPSA) is 56.0 Å². The number of aromatic nitrogens is 1. The van der Waals surface area contributed by atoms with Crippen molar-refractivity contribution in [1.29, 1.82) is 0 Å². The number of nitrogens with zero attached hydrogens (tertiary/aromatic N) is 1. The van der Waals surface area contributed by atoms with E-state index in [1.807, 2.05) is 36.4 Å². The van der Waals surface area contributed by atoms with Crippen LogP contribution in [0.25, 0.3) is 10.9 Å². The predicted octanol–water partition coefficient (Wildman–Crippen LogP) is 1.55. The lowest BCUT2D eigenvalue weighted by molar-refractivity contribution is -0.108. The van der Waals surface area contributed by atoms with E-state index in [-0.39, 0.29) is 1.43 Å². The maximum Gasteiger partial charge on any atom is 0.137 e. The van der Waals surface area contributed by atoms with Gasteiger partial charge in [0.25, 0.3) is 0 Å². The number of pyridine rings is 1. The molecule has 78 valence electrons. The van der Waals surface area contributed by atoms with Gasteiger partial charge >= 0.3 is 0 Å². The highest BCUT2D eigenvalue weighted by molar-refractivity contribution is 5.78. The molecule has 1 aromatic heterocycles. The number of nitrogens with two attached hydrogens (primary N) is 1. The first-order chi connectivity index (χ1) is 7.29. The molecule has 2 rings (SSSR count). The molecule has 0 aliphatic rings. The molecule has 3 heteroatoms. The van der Waals surface area contributed by atoms with Crippen molar-refractivity contribution in [3.05, 3.63) is 42.1 Å². The van der Waals surface area contributed by atoms with Gasteiger partial charge in [0, 0.05) is 18.9 Å². The molecule has 0 radical (unpaired) electrons. The van der Waals surface area contributed by atoms with E-state index in [4.69, 9.17) is 5.73 Å². The highest BCUT2D eigenvalue weighted by Crippen LogP contribution is 2.12. The first kappa shape index (κ1) is 9.80. The van der Waals surface area contributed by atoms with Gasteiger partial charge in [-0.3, -0.25) is 4.98 Å². The third kappa shape index (κ3) is 2.19. The second-order valence-electron chi connectivity index (χ2n) is 3.50. The smallest absolute Gasteiger partial charge is 0.137 e. The van der Waals surface area contributed by atoms with E-state index in [0.717, 1.165) is 22.9 Å². The molecule has 15 heavy (non-hydrogen) atoms. The van der Waals surface area contributed by atoms with E-state index in [2.05, 4.69) is 4.98 Å². The quantitative estimate of drug-likeness (QED) is 0.768. The van der Waals surface area contributed by atoms with Crippen molar-refractivity contribution in [2.45, 2.75) is 12.5 Å². The average Bonchev–Trinajstić information content (AvgIpc) is 2.29. The molecular formula is C12H14N2O. The number of hydrogen-bond donors (Lipinski definition) is 1. The van der Waals surface area contributed by atoms with Crippen LogP contribution in [0.1, 0.15) is 7.12 Å². The third-order valence-electron chi connectivity index (χ3n) is 2.28. The SMILES string of the molecule is N[C@H](C=O)Cc1ccc2ccccc2n1.[HH]. The molecule has 0 aliphatic carbocycles. The molecule has 0 bridgehead atoms. The first-order valence-electron chi connectivity index (χ1n) is 4.85. The largest absolute Gasteiger partial charge is 0.321 e. The van der Waals surface area contributed by atoms with Gasteiger partial charge in [0.05, 0.1) is 11.6 Å². The Morgan fingerprint density at radius 1 is 1.33 bits per heavy atom. The van der Waals surface area contributed by atoms with Gasteiger partial charge in [0.15, 0.2) is 0 Å². The van der Waals surface area contributed by atoms with Gasteiger partial charge in [-0.15, -0.1) is 0 Å². The molecule has 2 N–H and O–H groups in total. The number of carbonyl (C=O) groups excluding carboxylic acids is 1. The van der Waals surface area contributed by atoms with Crippen molar-refractivity contribution in [2.24, 2.45) is 5.73 Å². The highest BCUT2D eigenvalue weighted by atomic mass is 16.1. The minimum atomic E-state index is -0.460. The van der Waals surface area contributed by atoms with Crippen LogP contribution in [0.4, 0.5) is 0 Å². The van der Waals surface area contributed by atoms with Crippen LogP contribution in [0.15, 0.2) is 36.4 Å². The van der Waals surface area contributed by atoms with Crippen molar-refractivity contribution in [3.8, 4) is 0 Å². The maximum atomic E-state index is 10.4. The van der Waals surface area contributed by atoms with Crippen LogP contribution in [0.2, 0.25) is 0 Å². The van der Waals surface area contributed by atoms with Gasteiger partial charge in [-0.25, -0.2) is 0 Å². The maximum absolute atomic E-state index is 10.4. The zero-order valence-corrected chi connectivity index (χ0v) is 8.26. The fourth-order valence-electron chi connectivity index (χ4n) is 1.51. The van der Waals surface area contributed by atoms with Crippen molar-refractivity contribution in [2.75, 3.05) is 0 Å². The molecule has 0 saturated carbocycles. The summed E-state index contributed by atoms with van der Waals surface area (Å²) in [4.78, 5) is 14.8. The average molecular weight is 202 g/mol. The van der Waals surface area contributed by atoms with Gasteiger partial charge in [-0.05, 0) is 12.1 Å². The molecule has 1 heterocycles. The van der Waals surface area contributed by atoms with Crippen molar-refractivity contribution in [3.63, 3.8) is 0 Å². The monoisotopic (exact) mass is 202 g/mol. The Kier molecular flexibility index (Phi) is 2.74. The summed E-state index contributed by atoms with van der Waals surface area (Å²) in [7, 11) is 0. The minimum Gasteiger partial charge on any atom is -0.321 e. The molecule has 0 aliphatic heterocycles. The zero-order chi connectivity index (χ0) is 10.7. The predicted molar refractivity (Wildman–Crippen MR) is 61.6 cm³/mol. The van der Waals surface area contributed by atoms with E-state index in [1.54, 1.807) is 0 Å². The summed E-state index contributed by atoms with van der Waals surface area (Å²) in [6.45, 7) is 0. The van der Waals surface area contributed by atoms with E-state index in [1.165, 1.54) is 0 Å². The van der Waals surface area contributed by atoms with E-state index >= 15 is 0 Å². The van der Waals surface area contributed by atoms with Crippen molar-refractivity contribution >= 4 is 17.2 Å². The molecule has 0 saturated heterocycles. The van der Waals surface area contributed by atoms with Crippen molar-refractivity contribution in [1.82, 2.24) is 4.98 Å². The summed E-state index contributed by atoms with van der Waals surface area (Å²) < 4.78 is 0. The van der Waals surface area contributed by atoms with Crippen LogP contribution in [0, 0.1) is 0 Å². The van der Waals surface area contributed by atoms with Gasteiger partial charge in [0.2, 0.25) is 0 Å². The van der Waals surface area contributed by atoms with Gasteiger partial charge in [-0.1, -0.05) is 24.3 Å². The molecule has 0 unspecified atom stereocenters. The lowest BCUT2D eigenvalue weighted by atomic mass is 10.1. The van der Waals surface area contributed by atoms with Crippen LogP contribution in [0.3, 0.4) is 0 Å². The van der Waals surface area contributed by atoms with Crippen LogP contribution >= 0.6 is 0 Å². The molecule has 0 spiro atoms. The summed E-state index contributed by atoms with van der Waals surface area (Å²) in [5.41, 5.74) is 7.33. The minimum absolute atomic E-state index is 0. The number of hydrogen-bond acceptors (Lipinski definition) is 3. The summed E-state index contributed by atoms with van der Waals surface area (Å²) >= 11 is 0. The normalized spacial score (nSPS) is 12.6. The zero-order valence-electron chi connectivity index (χ0n) is 8.26. The Bertz CT molecular complexity index is 487. The molecule has 1 aromatic carbocycles. The highest BCUT2D eigenvalue weighted by Gasteiger charge is 2.03. The number of benzene rings is 1. The first-order valence-corrected chi connectivity index (χ1v) is 4.85. The molecule has 2 aromatic rings. The standard InChI is InChI=1S/C12H12N2O.H2/c13-10(8-15)7-11-6-5-9-3-1-2-4-12(9)14-11;/h1-6,8,10H,7,13H2;1H/t10-;/m0./s1. The van der Waals surface area contributed by atoms with Crippen molar-refractivity contribution < 1.29 is 6.22 Å². The number of aldehydes is 1. The van der Waals surface area contributed by atoms with Crippen LogP contribution in [-0.4, -0.2) is 17.3 Å². The van der Waals surface area contributed by atoms with Gasteiger partial charge in [0.1, 0.15) is 6.29 Å². The Morgan fingerprint density at radius 2 is 2.13 bits per heavy atom. The second-order valence-corrected chi connectivity index (χ2v) is 3.50. The number of carbonyl (C=O) groups is 1. The Morgan fingerprint density at radius 3 is 2.93 bits per heavy atom. The summed E-state index contributed by atoms with van der Waals surface area (Å²) in [6, 6.07) is 11.3. The summed E-state index contributed by atoms with van der Waals surface area (Å²) in [5, 5.41) is 1.10. The van der Waals surface area contributed by atoms with Gasteiger partial charge in [-0.2, -0.15) is 0 Å². The van der Waals surface area contributed by atoms with E-state index in [0.29, 0.717) is 6.42 Å². The van der Waals surface area contributed by atoms with Crippen LogP contribution in [0.5, 0.6) is 0 Å².